The molecule has 1 saturated carbocycles. The van der Waals surface area contributed by atoms with Crippen molar-refractivity contribution < 1.29 is 9.53 Å². The van der Waals surface area contributed by atoms with Crippen LogP contribution in [-0.2, 0) is 9.53 Å². The monoisotopic (exact) mass is 265 g/mol. The Morgan fingerprint density at radius 1 is 1.05 bits per heavy atom. The molecule has 3 rings (SSSR count). The number of rotatable bonds is 4. The highest BCUT2D eigenvalue weighted by molar-refractivity contribution is 5.76. The minimum atomic E-state index is 0.358. The van der Waals surface area contributed by atoms with Gasteiger partial charge in [-0.3, -0.25) is 4.79 Å². The number of carbonyl (C=O) groups is 1. The molecular weight excluding hydrogens is 238 g/mol. The standard InChI is InChI=1S/C16H27NO2/c18-16(10-9-14-7-4-12-19-14)17-11-3-8-15(17)13-5-1-2-6-13/h13-15H,1-12H2. The van der Waals surface area contributed by atoms with Crippen molar-refractivity contribution >= 4 is 5.91 Å². The topological polar surface area (TPSA) is 29.5 Å². The fraction of sp³-hybridized carbons (Fsp3) is 0.938. The molecule has 3 aliphatic rings. The fourth-order valence-electron chi connectivity index (χ4n) is 4.23. The molecule has 3 nitrogen and oxygen atoms in total. The van der Waals surface area contributed by atoms with E-state index in [4.69, 9.17) is 4.74 Å². The van der Waals surface area contributed by atoms with E-state index in [1.54, 1.807) is 0 Å². The van der Waals surface area contributed by atoms with Gasteiger partial charge in [-0.1, -0.05) is 12.8 Å². The van der Waals surface area contributed by atoms with Gasteiger partial charge in [-0.15, -0.1) is 0 Å². The summed E-state index contributed by atoms with van der Waals surface area (Å²) in [5.74, 6) is 1.19. The van der Waals surface area contributed by atoms with Gasteiger partial charge in [-0.2, -0.15) is 0 Å². The van der Waals surface area contributed by atoms with Crippen molar-refractivity contribution in [1.82, 2.24) is 4.90 Å². The molecule has 0 aromatic heterocycles. The molecular formula is C16H27NO2. The number of ether oxygens (including phenoxy) is 1. The van der Waals surface area contributed by atoms with Crippen LogP contribution in [0.25, 0.3) is 0 Å². The fourth-order valence-corrected chi connectivity index (χ4v) is 4.23. The van der Waals surface area contributed by atoms with Crippen LogP contribution in [-0.4, -0.2) is 36.1 Å². The number of nitrogens with zero attached hydrogens (tertiary/aromatic N) is 1. The summed E-state index contributed by atoms with van der Waals surface area (Å²) >= 11 is 0. The van der Waals surface area contributed by atoms with Crippen LogP contribution in [0.5, 0.6) is 0 Å². The third-order valence-electron chi connectivity index (χ3n) is 5.27. The highest BCUT2D eigenvalue weighted by Crippen LogP contribution is 2.35. The van der Waals surface area contributed by atoms with Gasteiger partial charge in [0.25, 0.3) is 0 Å². The lowest BCUT2D eigenvalue weighted by Gasteiger charge is -2.29. The minimum absolute atomic E-state index is 0.358. The maximum absolute atomic E-state index is 12.4. The molecule has 2 heterocycles. The third-order valence-corrected chi connectivity index (χ3v) is 5.27. The van der Waals surface area contributed by atoms with Crippen molar-refractivity contribution in [3.05, 3.63) is 0 Å². The number of hydrogen-bond acceptors (Lipinski definition) is 2. The predicted octanol–water partition coefficient (Wildman–Crippen LogP) is 3.13. The molecule has 2 atom stereocenters. The zero-order valence-electron chi connectivity index (χ0n) is 12.0. The van der Waals surface area contributed by atoms with Crippen LogP contribution in [0.15, 0.2) is 0 Å². The first-order valence-corrected chi connectivity index (χ1v) is 8.25. The van der Waals surface area contributed by atoms with E-state index in [1.807, 2.05) is 0 Å². The first kappa shape index (κ1) is 13.4. The van der Waals surface area contributed by atoms with Gasteiger partial charge in [0.1, 0.15) is 0 Å². The summed E-state index contributed by atoms with van der Waals surface area (Å²) < 4.78 is 5.62. The lowest BCUT2D eigenvalue weighted by molar-refractivity contribution is -0.133. The average molecular weight is 265 g/mol. The molecule has 2 unspecified atom stereocenters. The van der Waals surface area contributed by atoms with Crippen molar-refractivity contribution in [3.8, 4) is 0 Å². The second-order valence-corrected chi connectivity index (χ2v) is 6.51. The minimum Gasteiger partial charge on any atom is -0.378 e. The normalized spacial score (nSPS) is 32.3. The number of likely N-dealkylation sites (tertiary alicyclic amines) is 1. The first-order valence-electron chi connectivity index (χ1n) is 8.25. The van der Waals surface area contributed by atoms with E-state index in [-0.39, 0.29) is 0 Å². The summed E-state index contributed by atoms with van der Waals surface area (Å²) in [5.41, 5.74) is 0. The molecule has 19 heavy (non-hydrogen) atoms. The van der Waals surface area contributed by atoms with Gasteiger partial charge in [0.2, 0.25) is 5.91 Å². The summed E-state index contributed by atoms with van der Waals surface area (Å²) in [7, 11) is 0. The Morgan fingerprint density at radius 2 is 1.89 bits per heavy atom. The quantitative estimate of drug-likeness (QED) is 0.781. The van der Waals surface area contributed by atoms with Gasteiger partial charge in [-0.05, 0) is 50.9 Å². The Morgan fingerprint density at radius 3 is 2.63 bits per heavy atom. The van der Waals surface area contributed by atoms with Crippen LogP contribution in [0.1, 0.15) is 64.2 Å². The number of hydrogen-bond donors (Lipinski definition) is 0. The summed E-state index contributed by atoms with van der Waals surface area (Å²) in [5, 5.41) is 0. The van der Waals surface area contributed by atoms with Crippen molar-refractivity contribution in [2.45, 2.75) is 76.4 Å². The van der Waals surface area contributed by atoms with Crippen LogP contribution >= 0.6 is 0 Å². The van der Waals surface area contributed by atoms with E-state index >= 15 is 0 Å². The maximum atomic E-state index is 12.4. The number of carbonyl (C=O) groups excluding carboxylic acids is 1. The SMILES string of the molecule is O=C(CCC1CCCO1)N1CCCC1C1CCCC1. The predicted molar refractivity (Wildman–Crippen MR) is 74.9 cm³/mol. The highest BCUT2D eigenvalue weighted by atomic mass is 16.5. The Balaban J connectivity index is 1.49. The molecule has 1 aliphatic carbocycles. The van der Waals surface area contributed by atoms with Crippen LogP contribution in [0.4, 0.5) is 0 Å². The van der Waals surface area contributed by atoms with Crippen LogP contribution in [0.2, 0.25) is 0 Å². The maximum Gasteiger partial charge on any atom is 0.222 e. The third kappa shape index (κ3) is 3.13. The summed E-state index contributed by atoms with van der Waals surface area (Å²) in [6.07, 6.45) is 12.2. The summed E-state index contributed by atoms with van der Waals surface area (Å²) in [6.45, 7) is 1.90. The molecule has 0 radical (unpaired) electrons. The van der Waals surface area contributed by atoms with E-state index < -0.39 is 0 Å². The van der Waals surface area contributed by atoms with Gasteiger partial charge >= 0.3 is 0 Å². The van der Waals surface area contributed by atoms with Crippen molar-refractivity contribution in [2.75, 3.05) is 13.2 Å². The molecule has 3 heteroatoms. The largest absolute Gasteiger partial charge is 0.378 e. The molecule has 2 aliphatic heterocycles. The lowest BCUT2D eigenvalue weighted by Crippen LogP contribution is -2.39. The molecule has 0 aromatic rings. The van der Waals surface area contributed by atoms with Gasteiger partial charge in [0, 0.05) is 25.6 Å². The first-order chi connectivity index (χ1) is 9.34. The Bertz CT molecular complexity index is 306. The van der Waals surface area contributed by atoms with Crippen molar-refractivity contribution in [1.29, 1.82) is 0 Å². The highest BCUT2D eigenvalue weighted by Gasteiger charge is 2.35. The smallest absolute Gasteiger partial charge is 0.222 e. The lowest BCUT2D eigenvalue weighted by atomic mass is 9.95. The molecule has 2 saturated heterocycles. The second kappa shape index (κ2) is 6.25. The van der Waals surface area contributed by atoms with Gasteiger partial charge < -0.3 is 9.64 Å². The molecule has 0 bridgehead atoms. The van der Waals surface area contributed by atoms with Gasteiger partial charge in [0.05, 0.1) is 6.10 Å². The van der Waals surface area contributed by atoms with E-state index in [0.717, 1.165) is 31.9 Å². The molecule has 0 spiro atoms. The molecule has 108 valence electrons. The second-order valence-electron chi connectivity index (χ2n) is 6.51. The van der Waals surface area contributed by atoms with E-state index in [0.29, 0.717) is 24.5 Å². The van der Waals surface area contributed by atoms with Crippen LogP contribution in [0.3, 0.4) is 0 Å². The Kier molecular flexibility index (Phi) is 4.42. The van der Waals surface area contributed by atoms with Gasteiger partial charge in [-0.25, -0.2) is 0 Å². The zero-order chi connectivity index (χ0) is 13.1. The Hall–Kier alpha value is -0.570. The van der Waals surface area contributed by atoms with E-state index in [9.17, 15) is 4.79 Å². The Labute approximate surface area is 116 Å². The summed E-state index contributed by atoms with van der Waals surface area (Å²) in [4.78, 5) is 14.7. The molecule has 3 fully saturated rings. The average Bonchev–Trinajstić information content (AvgIpc) is 3.14. The number of amides is 1. The van der Waals surface area contributed by atoms with Crippen molar-refractivity contribution in [3.63, 3.8) is 0 Å². The van der Waals surface area contributed by atoms with Crippen LogP contribution in [0, 0.1) is 5.92 Å². The van der Waals surface area contributed by atoms with Gasteiger partial charge in [0.15, 0.2) is 0 Å². The molecule has 1 amide bonds. The van der Waals surface area contributed by atoms with E-state index in [1.165, 1.54) is 44.9 Å². The van der Waals surface area contributed by atoms with Crippen molar-refractivity contribution in [2.24, 2.45) is 5.92 Å². The zero-order valence-corrected chi connectivity index (χ0v) is 12.0. The van der Waals surface area contributed by atoms with E-state index in [2.05, 4.69) is 4.90 Å². The molecule has 0 aromatic carbocycles. The molecule has 0 N–H and O–H groups in total. The summed E-state index contributed by atoms with van der Waals surface area (Å²) in [6, 6.07) is 0.569. The van der Waals surface area contributed by atoms with Crippen LogP contribution < -0.4 is 0 Å².